The minimum absolute atomic E-state index is 0. The summed E-state index contributed by atoms with van der Waals surface area (Å²) in [6.07, 6.45) is 0. The minimum Gasteiger partial charge on any atom is -0.678 e. The second-order valence-corrected chi connectivity index (χ2v) is 0.670. The first-order chi connectivity index (χ1) is 2.83. The maximum Gasteiger partial charge on any atom is 1.00 e. The zero-order valence-corrected chi connectivity index (χ0v) is 7.36. The standard InChI is InChI=1S/C2H6N.C2H6O.Na/c2*1-2-3;/h2*3H,2H2,1H3;/q-1;;+1. The van der Waals surface area contributed by atoms with Gasteiger partial charge in [-0.15, -0.1) is 0 Å². The van der Waals surface area contributed by atoms with Crippen LogP contribution in [0.2, 0.25) is 0 Å². The number of nitrogens with one attached hydrogen (secondary N) is 1. The first kappa shape index (κ1) is 15.7. The molecule has 0 fully saturated rings. The molecule has 0 aromatic carbocycles. The van der Waals surface area contributed by atoms with Gasteiger partial charge in [0, 0.05) is 6.61 Å². The van der Waals surface area contributed by atoms with Crippen molar-refractivity contribution in [2.24, 2.45) is 0 Å². The Labute approximate surface area is 67.4 Å². The molecule has 0 aromatic heterocycles. The van der Waals surface area contributed by atoms with Crippen molar-refractivity contribution in [3.63, 3.8) is 0 Å². The fourth-order valence-electron chi connectivity index (χ4n) is 0. The third-order valence-corrected chi connectivity index (χ3v) is 0. The molecule has 3 heteroatoms. The maximum absolute atomic E-state index is 7.57. The monoisotopic (exact) mass is 113 g/mol. The average molecular weight is 113 g/mol. The molecule has 0 aliphatic carbocycles. The van der Waals surface area contributed by atoms with E-state index in [-0.39, 0.29) is 36.2 Å². The van der Waals surface area contributed by atoms with Gasteiger partial charge in [-0.3, -0.25) is 0 Å². The van der Waals surface area contributed by atoms with E-state index in [1.54, 1.807) is 13.8 Å². The van der Waals surface area contributed by atoms with Gasteiger partial charge in [0.15, 0.2) is 0 Å². The summed E-state index contributed by atoms with van der Waals surface area (Å²) >= 11 is 0. The first-order valence-electron chi connectivity index (χ1n) is 2.08. The quantitative estimate of drug-likeness (QED) is 0.365. The van der Waals surface area contributed by atoms with Crippen LogP contribution in [0.1, 0.15) is 13.8 Å². The van der Waals surface area contributed by atoms with Gasteiger partial charge in [0.05, 0.1) is 0 Å². The van der Waals surface area contributed by atoms with Crippen molar-refractivity contribution in [1.82, 2.24) is 0 Å². The molecule has 0 aromatic rings. The molecule has 7 heavy (non-hydrogen) atoms. The summed E-state index contributed by atoms with van der Waals surface area (Å²) in [7, 11) is 0. The van der Waals surface area contributed by atoms with Crippen molar-refractivity contribution in [2.75, 3.05) is 13.2 Å². The maximum atomic E-state index is 7.57. The van der Waals surface area contributed by atoms with Gasteiger partial charge in [-0.1, -0.05) is 6.92 Å². The van der Waals surface area contributed by atoms with E-state index in [0.29, 0.717) is 6.54 Å². The van der Waals surface area contributed by atoms with Gasteiger partial charge < -0.3 is 10.8 Å². The van der Waals surface area contributed by atoms with Crippen LogP contribution in [0.15, 0.2) is 0 Å². The molecule has 0 saturated heterocycles. The average Bonchev–Trinajstić information content (AvgIpc) is 1.39. The van der Waals surface area contributed by atoms with E-state index in [0.717, 1.165) is 0 Å². The van der Waals surface area contributed by atoms with Gasteiger partial charge in [-0.25, -0.2) is 0 Å². The van der Waals surface area contributed by atoms with E-state index < -0.39 is 0 Å². The molecule has 0 aliphatic rings. The Morgan fingerprint density at radius 1 is 1.43 bits per heavy atom. The number of hydrogen-bond donors (Lipinski definition) is 1. The molecule has 0 atom stereocenters. The SMILES string of the molecule is CCO.CC[NH-].[Na+]. The van der Waals surface area contributed by atoms with E-state index in [2.05, 4.69) is 0 Å². The molecular weight excluding hydrogens is 101 g/mol. The summed E-state index contributed by atoms with van der Waals surface area (Å²) in [5.41, 5.74) is 6.21. The fourth-order valence-corrected chi connectivity index (χ4v) is 0. The number of hydrogen-bond acceptors (Lipinski definition) is 1. The Morgan fingerprint density at radius 3 is 1.43 bits per heavy atom. The second kappa shape index (κ2) is 28.4. The van der Waals surface area contributed by atoms with Crippen LogP contribution in [0, 0.1) is 0 Å². The number of aliphatic hydroxyl groups excluding tert-OH is 1. The van der Waals surface area contributed by atoms with Crippen molar-refractivity contribution in [3.8, 4) is 0 Å². The van der Waals surface area contributed by atoms with Crippen molar-refractivity contribution in [1.29, 1.82) is 0 Å². The fraction of sp³-hybridized carbons (Fsp3) is 1.00. The normalized spacial score (nSPS) is 5.14. The molecule has 0 unspecified atom stereocenters. The molecule has 0 rings (SSSR count). The van der Waals surface area contributed by atoms with Crippen LogP contribution in [-0.4, -0.2) is 18.3 Å². The third kappa shape index (κ3) is 198. The van der Waals surface area contributed by atoms with Gasteiger partial charge in [0.1, 0.15) is 0 Å². The van der Waals surface area contributed by atoms with Gasteiger partial charge in [-0.05, 0) is 6.92 Å². The summed E-state index contributed by atoms with van der Waals surface area (Å²) in [5.74, 6) is 0. The summed E-state index contributed by atoms with van der Waals surface area (Å²) < 4.78 is 0. The van der Waals surface area contributed by atoms with Crippen molar-refractivity contribution >= 4 is 0 Å². The molecule has 0 amide bonds. The summed E-state index contributed by atoms with van der Waals surface area (Å²) in [6, 6.07) is 0. The zero-order chi connectivity index (χ0) is 5.41. The van der Waals surface area contributed by atoms with Crippen LogP contribution in [0.4, 0.5) is 0 Å². The molecule has 0 bridgehead atoms. The van der Waals surface area contributed by atoms with E-state index in [9.17, 15) is 0 Å². The van der Waals surface area contributed by atoms with Crippen LogP contribution in [0.3, 0.4) is 0 Å². The van der Waals surface area contributed by atoms with E-state index in [1.165, 1.54) is 0 Å². The van der Waals surface area contributed by atoms with Crippen LogP contribution in [0.5, 0.6) is 0 Å². The predicted molar refractivity (Wildman–Crippen MR) is 27.6 cm³/mol. The van der Waals surface area contributed by atoms with Crippen LogP contribution >= 0.6 is 0 Å². The minimum atomic E-state index is 0. The van der Waals surface area contributed by atoms with Crippen molar-refractivity contribution in [2.45, 2.75) is 13.8 Å². The molecule has 2 N–H and O–H groups in total. The Kier molecular flexibility index (Phi) is 63.7. The Bertz CT molecular complexity index is 13.7. The molecule has 2 nitrogen and oxygen atoms in total. The van der Waals surface area contributed by atoms with Crippen molar-refractivity contribution < 1.29 is 34.7 Å². The van der Waals surface area contributed by atoms with Crippen molar-refractivity contribution in [3.05, 3.63) is 5.73 Å². The van der Waals surface area contributed by atoms with E-state index in [4.69, 9.17) is 10.8 Å². The molecule has 0 aliphatic heterocycles. The van der Waals surface area contributed by atoms with Gasteiger partial charge in [0.2, 0.25) is 0 Å². The number of aliphatic hydroxyl groups is 1. The third-order valence-electron chi connectivity index (χ3n) is 0. The van der Waals surface area contributed by atoms with Crippen LogP contribution < -0.4 is 29.6 Å². The smallest absolute Gasteiger partial charge is 0.678 e. The topological polar surface area (TPSA) is 44.0 Å². The predicted octanol–water partition coefficient (Wildman–Crippen LogP) is -1.94. The Balaban J connectivity index is -0.0000000400. The second-order valence-electron chi connectivity index (χ2n) is 0.670. The van der Waals surface area contributed by atoms with E-state index in [1.807, 2.05) is 0 Å². The van der Waals surface area contributed by atoms with Crippen LogP contribution in [0.25, 0.3) is 5.73 Å². The van der Waals surface area contributed by atoms with E-state index >= 15 is 0 Å². The number of rotatable bonds is 0. The summed E-state index contributed by atoms with van der Waals surface area (Å²) in [4.78, 5) is 0. The van der Waals surface area contributed by atoms with Gasteiger partial charge >= 0.3 is 29.6 Å². The first-order valence-corrected chi connectivity index (χ1v) is 2.08. The molecule has 0 heterocycles. The molecule has 40 valence electrons. The largest absolute Gasteiger partial charge is 1.00 e. The summed E-state index contributed by atoms with van der Waals surface area (Å²) in [6.45, 7) is 4.22. The molecule has 0 saturated carbocycles. The Morgan fingerprint density at radius 2 is 1.43 bits per heavy atom. The van der Waals surface area contributed by atoms with Crippen LogP contribution in [-0.2, 0) is 0 Å². The van der Waals surface area contributed by atoms with Gasteiger partial charge in [0.25, 0.3) is 0 Å². The molecular formula is C4H12NNaO. The molecule has 0 spiro atoms. The van der Waals surface area contributed by atoms with Gasteiger partial charge in [-0.2, -0.15) is 6.54 Å². The summed E-state index contributed by atoms with van der Waals surface area (Å²) in [5, 5.41) is 7.57. The Hall–Kier alpha value is 0.920. The zero-order valence-electron chi connectivity index (χ0n) is 5.36. The molecule has 0 radical (unpaired) electrons.